The van der Waals surface area contributed by atoms with Crippen molar-refractivity contribution in [1.82, 2.24) is 9.88 Å². The van der Waals surface area contributed by atoms with E-state index in [0.29, 0.717) is 0 Å². The Morgan fingerprint density at radius 1 is 1.53 bits per heavy atom. The van der Waals surface area contributed by atoms with Crippen LogP contribution >= 0.6 is 11.3 Å². The number of carbonyl (C=O) groups is 1. The van der Waals surface area contributed by atoms with Crippen molar-refractivity contribution in [2.24, 2.45) is 5.73 Å². The maximum absolute atomic E-state index is 12.5. The average molecular weight is 281 g/mol. The van der Waals surface area contributed by atoms with Gasteiger partial charge in [-0.15, -0.1) is 11.3 Å². The van der Waals surface area contributed by atoms with Gasteiger partial charge in [0, 0.05) is 24.0 Å². The molecule has 0 spiro atoms. The molecular formula is C14H23N3OS. The Hall–Kier alpha value is -0.940. The molecule has 0 aromatic carbocycles. The van der Waals surface area contributed by atoms with Crippen LogP contribution in [0, 0.1) is 0 Å². The summed E-state index contributed by atoms with van der Waals surface area (Å²) in [5.41, 5.74) is 5.94. The van der Waals surface area contributed by atoms with Crippen LogP contribution in [0.2, 0.25) is 0 Å². The van der Waals surface area contributed by atoms with Crippen LogP contribution in [-0.2, 0) is 5.41 Å². The Morgan fingerprint density at radius 2 is 2.21 bits per heavy atom. The van der Waals surface area contributed by atoms with Crippen molar-refractivity contribution in [3.63, 3.8) is 0 Å². The summed E-state index contributed by atoms with van der Waals surface area (Å²) in [7, 11) is 0. The minimum Gasteiger partial charge on any atom is -0.335 e. The summed E-state index contributed by atoms with van der Waals surface area (Å²) >= 11 is 1.51. The van der Waals surface area contributed by atoms with Gasteiger partial charge in [-0.1, -0.05) is 20.8 Å². The number of carbonyl (C=O) groups excluding carboxylic acids is 1. The lowest BCUT2D eigenvalue weighted by Gasteiger charge is -2.36. The van der Waals surface area contributed by atoms with E-state index in [9.17, 15) is 4.79 Å². The molecule has 2 rings (SSSR count). The van der Waals surface area contributed by atoms with Gasteiger partial charge in [-0.25, -0.2) is 4.98 Å². The zero-order chi connectivity index (χ0) is 14.2. The lowest BCUT2D eigenvalue weighted by molar-refractivity contribution is 0.0624. The molecule has 5 heteroatoms. The highest BCUT2D eigenvalue weighted by Crippen LogP contribution is 2.28. The summed E-state index contributed by atoms with van der Waals surface area (Å²) in [4.78, 5) is 19.6. The molecule has 0 bridgehead atoms. The summed E-state index contributed by atoms with van der Waals surface area (Å²) in [6, 6.07) is 0.446. The second-order valence-corrected chi connectivity index (χ2v) is 7.44. The maximum Gasteiger partial charge on any atom is 0.265 e. The summed E-state index contributed by atoms with van der Waals surface area (Å²) in [6.45, 7) is 9.17. The van der Waals surface area contributed by atoms with Crippen LogP contribution in [0.3, 0.4) is 0 Å². The number of hydrogen-bond acceptors (Lipinski definition) is 4. The van der Waals surface area contributed by atoms with Crippen LogP contribution < -0.4 is 5.73 Å². The standard InChI is InChI=1S/C14H23N3OS/c1-9-7-10(15)5-6-17(9)12(18)11-8-16-13(19-11)14(2,3)4/h8-10H,5-7,15H2,1-4H3. The van der Waals surface area contributed by atoms with E-state index in [-0.39, 0.29) is 23.4 Å². The fourth-order valence-corrected chi connectivity index (χ4v) is 3.30. The molecule has 1 aromatic heterocycles. The maximum atomic E-state index is 12.5. The smallest absolute Gasteiger partial charge is 0.265 e. The van der Waals surface area contributed by atoms with Gasteiger partial charge in [-0.3, -0.25) is 4.79 Å². The van der Waals surface area contributed by atoms with Crippen molar-refractivity contribution < 1.29 is 4.79 Å². The van der Waals surface area contributed by atoms with E-state index in [2.05, 4.69) is 32.7 Å². The third-order valence-corrected chi connectivity index (χ3v) is 4.95. The predicted molar refractivity (Wildman–Crippen MR) is 78.5 cm³/mol. The molecular weight excluding hydrogens is 258 g/mol. The zero-order valence-corrected chi connectivity index (χ0v) is 13.0. The number of hydrogen-bond donors (Lipinski definition) is 1. The normalized spacial score (nSPS) is 24.6. The first kappa shape index (κ1) is 14.5. The van der Waals surface area contributed by atoms with E-state index in [1.54, 1.807) is 6.20 Å². The molecule has 1 fully saturated rings. The number of amides is 1. The van der Waals surface area contributed by atoms with Gasteiger partial charge < -0.3 is 10.6 Å². The minimum atomic E-state index is -0.000928. The highest BCUT2D eigenvalue weighted by molar-refractivity contribution is 7.13. The van der Waals surface area contributed by atoms with E-state index >= 15 is 0 Å². The molecule has 4 nitrogen and oxygen atoms in total. The van der Waals surface area contributed by atoms with Gasteiger partial charge in [-0.2, -0.15) is 0 Å². The second kappa shape index (κ2) is 5.21. The van der Waals surface area contributed by atoms with Crippen molar-refractivity contribution in [3.05, 3.63) is 16.1 Å². The summed E-state index contributed by atoms with van der Waals surface area (Å²) in [6.07, 6.45) is 3.49. The fourth-order valence-electron chi connectivity index (χ4n) is 2.37. The Balaban J connectivity index is 2.14. The number of rotatable bonds is 1. The van der Waals surface area contributed by atoms with E-state index < -0.39 is 0 Å². The predicted octanol–water partition coefficient (Wildman–Crippen LogP) is 2.39. The third-order valence-electron chi connectivity index (χ3n) is 3.54. The van der Waals surface area contributed by atoms with Gasteiger partial charge in [0.15, 0.2) is 0 Å². The Kier molecular flexibility index (Phi) is 3.97. The van der Waals surface area contributed by atoms with Gasteiger partial charge in [0.25, 0.3) is 5.91 Å². The van der Waals surface area contributed by atoms with E-state index in [1.807, 2.05) is 4.90 Å². The molecule has 2 atom stereocenters. The van der Waals surface area contributed by atoms with E-state index in [1.165, 1.54) is 11.3 Å². The van der Waals surface area contributed by atoms with Crippen molar-refractivity contribution >= 4 is 17.2 Å². The second-order valence-electron chi connectivity index (χ2n) is 6.41. The number of piperidine rings is 1. The fraction of sp³-hybridized carbons (Fsp3) is 0.714. The number of thiazole rings is 1. The first-order valence-electron chi connectivity index (χ1n) is 6.82. The molecule has 0 aliphatic carbocycles. The molecule has 106 valence electrons. The van der Waals surface area contributed by atoms with Crippen LogP contribution in [-0.4, -0.2) is 34.4 Å². The van der Waals surface area contributed by atoms with Crippen molar-refractivity contribution in [3.8, 4) is 0 Å². The summed E-state index contributed by atoms with van der Waals surface area (Å²) in [5.74, 6) is 0.104. The molecule has 2 N–H and O–H groups in total. The number of aromatic nitrogens is 1. The Morgan fingerprint density at radius 3 is 2.74 bits per heavy atom. The van der Waals surface area contributed by atoms with Crippen molar-refractivity contribution in [1.29, 1.82) is 0 Å². The zero-order valence-electron chi connectivity index (χ0n) is 12.1. The van der Waals surface area contributed by atoms with Gasteiger partial charge in [-0.05, 0) is 19.8 Å². The molecule has 1 saturated heterocycles. The Labute approximate surface area is 119 Å². The van der Waals surface area contributed by atoms with Crippen molar-refractivity contribution in [2.75, 3.05) is 6.54 Å². The van der Waals surface area contributed by atoms with Gasteiger partial charge in [0.05, 0.1) is 11.2 Å². The van der Waals surface area contributed by atoms with Crippen LogP contribution in [0.25, 0.3) is 0 Å². The van der Waals surface area contributed by atoms with Gasteiger partial charge in [0.1, 0.15) is 4.88 Å². The quantitative estimate of drug-likeness (QED) is 0.860. The van der Waals surface area contributed by atoms with Crippen LogP contribution in [0.15, 0.2) is 6.20 Å². The van der Waals surface area contributed by atoms with Crippen LogP contribution in [0.4, 0.5) is 0 Å². The lowest BCUT2D eigenvalue weighted by atomic mass is 9.98. The first-order valence-corrected chi connectivity index (χ1v) is 7.63. The lowest BCUT2D eigenvalue weighted by Crippen LogP contribution is -2.48. The van der Waals surface area contributed by atoms with E-state index in [4.69, 9.17) is 5.73 Å². The third kappa shape index (κ3) is 3.15. The minimum absolute atomic E-state index is 0.000928. The van der Waals surface area contributed by atoms with Crippen LogP contribution in [0.5, 0.6) is 0 Å². The van der Waals surface area contributed by atoms with E-state index in [0.717, 1.165) is 29.3 Å². The number of likely N-dealkylation sites (tertiary alicyclic amines) is 1. The molecule has 2 unspecified atom stereocenters. The molecule has 1 aliphatic heterocycles. The number of nitrogens with zero attached hydrogens (tertiary/aromatic N) is 2. The van der Waals surface area contributed by atoms with Gasteiger partial charge in [0.2, 0.25) is 0 Å². The Bertz CT molecular complexity index is 464. The molecule has 0 saturated carbocycles. The molecule has 1 amide bonds. The topological polar surface area (TPSA) is 59.2 Å². The molecule has 1 aromatic rings. The number of nitrogens with two attached hydrogens (primary N) is 1. The molecule has 1 aliphatic rings. The SMILES string of the molecule is CC1CC(N)CCN1C(=O)c1cnc(C(C)(C)C)s1. The molecule has 2 heterocycles. The highest BCUT2D eigenvalue weighted by Gasteiger charge is 2.29. The summed E-state index contributed by atoms with van der Waals surface area (Å²) < 4.78 is 0. The average Bonchev–Trinajstić information content (AvgIpc) is 2.76. The first-order chi connectivity index (χ1) is 8.79. The van der Waals surface area contributed by atoms with Gasteiger partial charge >= 0.3 is 0 Å². The molecule has 19 heavy (non-hydrogen) atoms. The van der Waals surface area contributed by atoms with Crippen LogP contribution in [0.1, 0.15) is 55.2 Å². The monoisotopic (exact) mass is 281 g/mol. The van der Waals surface area contributed by atoms with Crippen molar-refractivity contribution in [2.45, 2.75) is 58.0 Å². The molecule has 0 radical (unpaired) electrons. The highest BCUT2D eigenvalue weighted by atomic mass is 32.1. The largest absolute Gasteiger partial charge is 0.335 e. The summed E-state index contributed by atoms with van der Waals surface area (Å²) in [5, 5.41) is 1.01.